The SMILES string of the molecule is CNc1nc(C)nc2c1ncn2[C@@H]1O[C@](F)(COP(=S)(N[C@H](C)C(=O)OC(C)C)Oc2cccc3ccccc23)[C@@H](O)[C@@]1(C)F. The molecule has 0 amide bonds. The van der Waals surface area contributed by atoms with Gasteiger partial charge in [0, 0.05) is 12.4 Å². The molecule has 0 spiro atoms. The van der Waals surface area contributed by atoms with E-state index in [2.05, 4.69) is 25.4 Å². The third kappa shape index (κ3) is 6.51. The fourth-order valence-electron chi connectivity index (χ4n) is 5.03. The molecule has 3 N–H and O–H groups in total. The minimum atomic E-state index is -3.82. The number of esters is 1. The maximum absolute atomic E-state index is 16.5. The zero-order chi connectivity index (χ0) is 32.7. The summed E-state index contributed by atoms with van der Waals surface area (Å²) in [5.74, 6) is -2.70. The van der Waals surface area contributed by atoms with Crippen LogP contribution in [0.1, 0.15) is 39.7 Å². The van der Waals surface area contributed by atoms with Crippen molar-refractivity contribution < 1.29 is 37.2 Å². The number of aryl methyl sites for hydroxylation is 1. The molecule has 4 aromatic rings. The number of carbonyl (C=O) groups excluding carboxylic acids is 1. The number of rotatable bonds is 11. The largest absolute Gasteiger partial charge is 0.462 e. The quantitative estimate of drug-likeness (QED) is 0.149. The van der Waals surface area contributed by atoms with Gasteiger partial charge in [0.2, 0.25) is 0 Å². The summed E-state index contributed by atoms with van der Waals surface area (Å²) in [6.45, 7) is 2.66. The monoisotopic (exact) mass is 664 g/mol. The molecular weight excluding hydrogens is 629 g/mol. The number of carbonyl (C=O) groups is 1. The topological polar surface area (TPSA) is 142 Å². The molecule has 0 bridgehead atoms. The smallest absolute Gasteiger partial charge is 0.323 e. The number of ether oxygens (including phenoxy) is 2. The van der Waals surface area contributed by atoms with Crippen molar-refractivity contribution in [1.29, 1.82) is 0 Å². The first-order valence-corrected chi connectivity index (χ1v) is 16.8. The van der Waals surface area contributed by atoms with Crippen LogP contribution in [0.4, 0.5) is 14.6 Å². The van der Waals surface area contributed by atoms with Gasteiger partial charge < -0.3 is 28.9 Å². The maximum atomic E-state index is 16.5. The summed E-state index contributed by atoms with van der Waals surface area (Å²) in [5, 5.41) is 18.2. The Morgan fingerprint density at radius 2 is 1.91 bits per heavy atom. The van der Waals surface area contributed by atoms with Crippen molar-refractivity contribution in [3.05, 3.63) is 54.6 Å². The number of halogens is 2. The van der Waals surface area contributed by atoms with Gasteiger partial charge in [0.15, 0.2) is 35.0 Å². The van der Waals surface area contributed by atoms with E-state index in [0.717, 1.165) is 12.3 Å². The van der Waals surface area contributed by atoms with Gasteiger partial charge in [0.05, 0.1) is 12.4 Å². The summed E-state index contributed by atoms with van der Waals surface area (Å²) in [6.07, 6.45) is -3.20. The van der Waals surface area contributed by atoms with E-state index in [1.807, 2.05) is 24.3 Å². The average Bonchev–Trinajstić information content (AvgIpc) is 3.48. The molecule has 1 fully saturated rings. The average molecular weight is 665 g/mol. The Hall–Kier alpha value is -3.33. The van der Waals surface area contributed by atoms with Crippen molar-refractivity contribution in [2.24, 2.45) is 0 Å². The number of nitrogens with zero attached hydrogens (tertiary/aromatic N) is 4. The Balaban J connectivity index is 1.45. The standard InChI is InChI=1S/C29H35F2N6O6PS/c1-16(2)41-25(38)17(3)36-44(45,43-21-13-9-11-19-10-7-8-12-20(19)21)40-14-29(31)26(39)28(5,30)27(42-29)37-15-33-22-23(32-6)34-18(4)35-24(22)37/h7-13,15-17,26-27,39H,14H2,1-6H3,(H,36,45)(H,32,34,35)/t17-,26+,27-,28-,29-,44?/m1/s1. The van der Waals surface area contributed by atoms with Crippen LogP contribution in [0.15, 0.2) is 48.8 Å². The fraction of sp³-hybridized carbons (Fsp3) is 0.448. The second-order valence-corrected chi connectivity index (χ2v) is 14.3. The third-order valence-electron chi connectivity index (χ3n) is 7.21. The molecule has 6 atom stereocenters. The Labute approximate surface area is 263 Å². The Bertz CT molecular complexity index is 1770. The number of nitrogens with one attached hydrogen (secondary N) is 2. The molecular formula is C29H35F2N6O6PS. The van der Waals surface area contributed by atoms with Crippen LogP contribution in [0.25, 0.3) is 21.9 Å². The summed E-state index contributed by atoms with van der Waals surface area (Å²) in [7, 11) is 1.64. The van der Waals surface area contributed by atoms with Gasteiger partial charge in [-0.3, -0.25) is 9.36 Å². The second kappa shape index (κ2) is 12.5. The molecule has 242 valence electrons. The lowest BCUT2D eigenvalue weighted by molar-refractivity contribution is -0.202. The Morgan fingerprint density at radius 3 is 2.62 bits per heavy atom. The van der Waals surface area contributed by atoms with Gasteiger partial charge in [-0.05, 0) is 57.9 Å². The summed E-state index contributed by atoms with van der Waals surface area (Å²) in [6, 6.07) is 11.6. The predicted molar refractivity (Wildman–Crippen MR) is 168 cm³/mol. The van der Waals surface area contributed by atoms with E-state index in [1.54, 1.807) is 46.0 Å². The zero-order valence-electron chi connectivity index (χ0n) is 25.5. The van der Waals surface area contributed by atoms with Crippen LogP contribution >= 0.6 is 6.64 Å². The van der Waals surface area contributed by atoms with E-state index in [-0.39, 0.29) is 5.65 Å². The minimum Gasteiger partial charge on any atom is -0.462 e. The number of hydrogen-bond donors (Lipinski definition) is 3. The Morgan fingerprint density at radius 1 is 1.20 bits per heavy atom. The number of aliphatic hydroxyl groups is 1. The summed E-state index contributed by atoms with van der Waals surface area (Å²) < 4.78 is 56.9. The first-order valence-electron chi connectivity index (χ1n) is 14.2. The predicted octanol–water partition coefficient (Wildman–Crippen LogP) is 4.86. The third-order valence-corrected chi connectivity index (χ3v) is 9.68. The lowest BCUT2D eigenvalue weighted by atomic mass is 9.97. The number of benzene rings is 2. The van der Waals surface area contributed by atoms with Crippen LogP contribution in [-0.4, -0.2) is 74.0 Å². The van der Waals surface area contributed by atoms with E-state index >= 15 is 8.78 Å². The Kier molecular flexibility index (Phi) is 9.15. The molecule has 2 aromatic heterocycles. The molecule has 1 aliphatic heterocycles. The van der Waals surface area contributed by atoms with Crippen molar-refractivity contribution in [1.82, 2.24) is 24.6 Å². The second-order valence-electron chi connectivity index (χ2n) is 11.2. The lowest BCUT2D eigenvalue weighted by Gasteiger charge is -2.30. The van der Waals surface area contributed by atoms with Gasteiger partial charge in [-0.2, -0.15) is 0 Å². The molecule has 12 nitrogen and oxygen atoms in total. The molecule has 1 saturated heterocycles. The lowest BCUT2D eigenvalue weighted by Crippen LogP contribution is -2.47. The number of aliphatic hydroxyl groups excluding tert-OH is 1. The number of fused-ring (bicyclic) bond motifs is 2. The van der Waals surface area contributed by atoms with Crippen molar-refractivity contribution in [3.63, 3.8) is 0 Å². The van der Waals surface area contributed by atoms with Crippen LogP contribution in [0, 0.1) is 6.92 Å². The van der Waals surface area contributed by atoms with Gasteiger partial charge >= 0.3 is 12.6 Å². The van der Waals surface area contributed by atoms with Gasteiger partial charge in [-0.15, -0.1) is 0 Å². The summed E-state index contributed by atoms with van der Waals surface area (Å²) >= 11 is 5.76. The summed E-state index contributed by atoms with van der Waals surface area (Å²) in [5.41, 5.74) is -2.21. The van der Waals surface area contributed by atoms with Crippen LogP contribution < -0.4 is 14.9 Å². The maximum Gasteiger partial charge on any atom is 0.323 e. The van der Waals surface area contributed by atoms with Gasteiger partial charge in [-0.25, -0.2) is 28.8 Å². The van der Waals surface area contributed by atoms with Crippen molar-refractivity contribution >= 4 is 52.2 Å². The summed E-state index contributed by atoms with van der Waals surface area (Å²) in [4.78, 5) is 25.5. The molecule has 3 heterocycles. The molecule has 45 heavy (non-hydrogen) atoms. The number of hydrogen-bond acceptors (Lipinski definition) is 11. The van der Waals surface area contributed by atoms with E-state index in [0.29, 0.717) is 28.3 Å². The normalized spacial score (nSPS) is 25.4. The minimum absolute atomic E-state index is 0.168. The van der Waals surface area contributed by atoms with E-state index in [1.165, 1.54) is 17.8 Å². The van der Waals surface area contributed by atoms with Crippen molar-refractivity contribution in [2.75, 3.05) is 19.0 Å². The molecule has 16 heteroatoms. The molecule has 0 saturated carbocycles. The van der Waals surface area contributed by atoms with E-state index in [9.17, 15) is 9.90 Å². The fourth-order valence-corrected chi connectivity index (χ4v) is 7.42. The highest BCUT2D eigenvalue weighted by Crippen LogP contribution is 2.52. The molecule has 0 radical (unpaired) electrons. The van der Waals surface area contributed by atoms with Crippen LogP contribution in [0.2, 0.25) is 0 Å². The number of imidazole rings is 1. The van der Waals surface area contributed by atoms with Crippen LogP contribution in [-0.2, 0) is 30.6 Å². The van der Waals surface area contributed by atoms with Crippen LogP contribution in [0.5, 0.6) is 5.75 Å². The highest BCUT2D eigenvalue weighted by atomic mass is 32.5. The van der Waals surface area contributed by atoms with Gasteiger partial charge in [0.1, 0.15) is 24.2 Å². The zero-order valence-corrected chi connectivity index (χ0v) is 27.2. The molecule has 5 rings (SSSR count). The first-order chi connectivity index (χ1) is 21.2. The molecule has 1 aliphatic rings. The van der Waals surface area contributed by atoms with Gasteiger partial charge in [0.25, 0.3) is 5.85 Å². The van der Waals surface area contributed by atoms with Crippen molar-refractivity contribution in [2.45, 2.75) is 70.6 Å². The van der Waals surface area contributed by atoms with E-state index in [4.69, 9.17) is 30.3 Å². The number of aromatic nitrogens is 4. The number of alkyl halides is 2. The van der Waals surface area contributed by atoms with Gasteiger partial charge in [-0.1, -0.05) is 36.4 Å². The van der Waals surface area contributed by atoms with Crippen LogP contribution in [0.3, 0.4) is 0 Å². The van der Waals surface area contributed by atoms with Crippen molar-refractivity contribution in [3.8, 4) is 5.75 Å². The highest BCUT2D eigenvalue weighted by Gasteiger charge is 2.65. The highest BCUT2D eigenvalue weighted by molar-refractivity contribution is 8.09. The molecule has 0 aliphatic carbocycles. The first kappa shape index (κ1) is 33.0. The molecule has 1 unspecified atom stereocenters. The number of anilines is 1. The van der Waals surface area contributed by atoms with E-state index < -0.39 is 55.2 Å². The molecule has 2 aromatic carbocycles.